The minimum absolute atomic E-state index is 0.0177. The fourth-order valence-corrected chi connectivity index (χ4v) is 2.32. The van der Waals surface area contributed by atoms with Crippen LogP contribution in [-0.4, -0.2) is 47.8 Å². The number of primary amides is 1. The Morgan fingerprint density at radius 2 is 1.84 bits per heavy atom. The Morgan fingerprint density at radius 1 is 1.16 bits per heavy atom. The molecule has 5 amide bonds. The first-order valence-corrected chi connectivity index (χ1v) is 7.61. The number of rotatable bonds is 6. The first kappa shape index (κ1) is 18.1. The second-order valence-electron chi connectivity index (χ2n) is 5.36. The third kappa shape index (κ3) is 4.00. The van der Waals surface area contributed by atoms with E-state index < -0.39 is 36.3 Å². The summed E-state index contributed by atoms with van der Waals surface area (Å²) in [5.41, 5.74) is 5.13. The number of hydrogen-bond donors (Lipinski definition) is 2. The van der Waals surface area contributed by atoms with Gasteiger partial charge in [0.2, 0.25) is 0 Å². The zero-order valence-electron chi connectivity index (χ0n) is 13.5. The Hall–Kier alpha value is -3.23. The molecule has 9 nitrogen and oxygen atoms in total. The summed E-state index contributed by atoms with van der Waals surface area (Å²) in [5.74, 6) is -2.60. The maximum atomic E-state index is 12.3. The Balaban J connectivity index is 2.09. The number of unbranched alkanes of at least 4 members (excludes halogenated alkanes) is 1. The number of benzene rings is 1. The molecule has 0 atom stereocenters. The monoisotopic (exact) mass is 347 g/mol. The van der Waals surface area contributed by atoms with Gasteiger partial charge >= 0.3 is 12.0 Å². The highest BCUT2D eigenvalue weighted by atomic mass is 16.5. The summed E-state index contributed by atoms with van der Waals surface area (Å²) in [5, 5.41) is 1.75. The maximum absolute atomic E-state index is 12.3. The average Bonchev–Trinajstić information content (AvgIpc) is 2.81. The number of nitrogens with one attached hydrogen (secondary N) is 1. The van der Waals surface area contributed by atoms with Gasteiger partial charge in [-0.1, -0.05) is 13.3 Å². The molecule has 0 spiro atoms. The summed E-state index contributed by atoms with van der Waals surface area (Å²) in [6.45, 7) is 1.56. The average molecular weight is 347 g/mol. The second kappa shape index (κ2) is 7.56. The van der Waals surface area contributed by atoms with Gasteiger partial charge in [0.15, 0.2) is 6.61 Å². The summed E-state index contributed by atoms with van der Waals surface area (Å²) >= 11 is 0. The van der Waals surface area contributed by atoms with E-state index in [1.165, 1.54) is 18.2 Å². The predicted octanol–water partition coefficient (Wildman–Crippen LogP) is 0.434. The van der Waals surface area contributed by atoms with E-state index in [4.69, 9.17) is 10.5 Å². The van der Waals surface area contributed by atoms with E-state index >= 15 is 0 Å². The van der Waals surface area contributed by atoms with Crippen LogP contribution in [0.4, 0.5) is 4.79 Å². The molecular weight excluding hydrogens is 330 g/mol. The van der Waals surface area contributed by atoms with E-state index in [-0.39, 0.29) is 16.7 Å². The van der Waals surface area contributed by atoms with Crippen molar-refractivity contribution in [2.45, 2.75) is 19.8 Å². The number of fused-ring (bicyclic) bond motifs is 1. The van der Waals surface area contributed by atoms with Crippen LogP contribution in [0.3, 0.4) is 0 Å². The summed E-state index contributed by atoms with van der Waals surface area (Å²) in [6.07, 6.45) is 1.52. The van der Waals surface area contributed by atoms with E-state index in [9.17, 15) is 24.0 Å². The molecule has 0 radical (unpaired) electrons. The van der Waals surface area contributed by atoms with Crippen LogP contribution in [0.25, 0.3) is 0 Å². The van der Waals surface area contributed by atoms with Gasteiger partial charge in [-0.2, -0.15) is 0 Å². The van der Waals surface area contributed by atoms with E-state index in [1.54, 1.807) is 5.32 Å². The van der Waals surface area contributed by atoms with Gasteiger partial charge in [-0.3, -0.25) is 24.6 Å². The Labute approximate surface area is 143 Å². The molecular formula is C16H17N3O6. The Morgan fingerprint density at radius 3 is 2.48 bits per heavy atom. The summed E-state index contributed by atoms with van der Waals surface area (Å²) in [6, 6.07) is 2.91. The van der Waals surface area contributed by atoms with E-state index in [0.717, 1.165) is 11.3 Å². The molecule has 1 heterocycles. The number of nitrogens with zero attached hydrogens (tertiary/aromatic N) is 1. The zero-order chi connectivity index (χ0) is 18.6. The van der Waals surface area contributed by atoms with Gasteiger partial charge in [0.25, 0.3) is 17.7 Å². The first-order valence-electron chi connectivity index (χ1n) is 7.61. The molecule has 2 rings (SSSR count). The zero-order valence-corrected chi connectivity index (χ0v) is 13.5. The third-order valence-corrected chi connectivity index (χ3v) is 3.54. The van der Waals surface area contributed by atoms with Crippen LogP contribution in [0.1, 0.15) is 50.8 Å². The number of hydrogen-bond acceptors (Lipinski definition) is 6. The highest BCUT2D eigenvalue weighted by Crippen LogP contribution is 2.24. The molecule has 0 aliphatic carbocycles. The van der Waals surface area contributed by atoms with E-state index in [2.05, 4.69) is 0 Å². The summed E-state index contributed by atoms with van der Waals surface area (Å²) in [4.78, 5) is 59.3. The highest BCUT2D eigenvalue weighted by molar-refractivity contribution is 6.22. The van der Waals surface area contributed by atoms with Crippen molar-refractivity contribution in [1.29, 1.82) is 0 Å². The molecule has 0 saturated heterocycles. The molecule has 0 aromatic heterocycles. The quantitative estimate of drug-likeness (QED) is 0.566. The fourth-order valence-electron chi connectivity index (χ4n) is 2.32. The van der Waals surface area contributed by atoms with Crippen molar-refractivity contribution >= 4 is 29.7 Å². The van der Waals surface area contributed by atoms with Crippen LogP contribution in [0, 0.1) is 0 Å². The van der Waals surface area contributed by atoms with Crippen molar-refractivity contribution in [1.82, 2.24) is 10.2 Å². The van der Waals surface area contributed by atoms with Gasteiger partial charge in [-0.25, -0.2) is 9.59 Å². The lowest BCUT2D eigenvalue weighted by Gasteiger charge is -2.12. The largest absolute Gasteiger partial charge is 0.452 e. The smallest absolute Gasteiger partial charge is 0.338 e. The van der Waals surface area contributed by atoms with Crippen LogP contribution in [0.15, 0.2) is 18.2 Å². The third-order valence-electron chi connectivity index (χ3n) is 3.54. The number of carbonyl (C=O) groups excluding carboxylic acids is 5. The van der Waals surface area contributed by atoms with Crippen LogP contribution >= 0.6 is 0 Å². The number of amides is 5. The Kier molecular flexibility index (Phi) is 5.48. The number of urea groups is 1. The summed E-state index contributed by atoms with van der Waals surface area (Å²) < 4.78 is 4.74. The van der Waals surface area contributed by atoms with E-state index in [1.807, 2.05) is 6.92 Å². The van der Waals surface area contributed by atoms with Gasteiger partial charge in [0.05, 0.1) is 16.7 Å². The van der Waals surface area contributed by atoms with Gasteiger partial charge in [0, 0.05) is 6.54 Å². The van der Waals surface area contributed by atoms with Crippen molar-refractivity contribution in [3.8, 4) is 0 Å². The molecule has 0 saturated carbocycles. The Bertz CT molecular complexity index is 758. The number of esters is 1. The standard InChI is InChI=1S/C16H17N3O6/c1-2-3-6-19-13(21)10-5-4-9(7-11(10)14(19)22)15(23)25-8-12(20)18-16(17)24/h4-5,7H,2-3,6,8H2,1H3,(H3,17,18,20,24). The number of ether oxygens (including phenoxy) is 1. The summed E-state index contributed by atoms with van der Waals surface area (Å²) in [7, 11) is 0. The number of imide groups is 2. The van der Waals surface area contributed by atoms with Crippen molar-refractivity contribution in [3.63, 3.8) is 0 Å². The molecule has 1 aromatic rings. The lowest BCUT2D eigenvalue weighted by atomic mass is 10.1. The van der Waals surface area contributed by atoms with Crippen molar-refractivity contribution in [2.24, 2.45) is 5.73 Å². The number of carbonyl (C=O) groups is 5. The van der Waals surface area contributed by atoms with E-state index in [0.29, 0.717) is 13.0 Å². The molecule has 1 aromatic carbocycles. The van der Waals surface area contributed by atoms with Gasteiger partial charge in [-0.15, -0.1) is 0 Å². The topological polar surface area (TPSA) is 136 Å². The molecule has 1 aliphatic heterocycles. The molecule has 0 unspecified atom stereocenters. The van der Waals surface area contributed by atoms with Crippen LogP contribution in [0.5, 0.6) is 0 Å². The molecule has 132 valence electrons. The molecule has 0 bridgehead atoms. The van der Waals surface area contributed by atoms with Gasteiger partial charge < -0.3 is 10.5 Å². The first-order chi connectivity index (χ1) is 11.8. The van der Waals surface area contributed by atoms with Gasteiger partial charge in [0.1, 0.15) is 0 Å². The highest BCUT2D eigenvalue weighted by Gasteiger charge is 2.35. The normalized spacial score (nSPS) is 12.8. The maximum Gasteiger partial charge on any atom is 0.338 e. The van der Waals surface area contributed by atoms with Crippen LogP contribution in [0.2, 0.25) is 0 Å². The number of nitrogens with two attached hydrogens (primary N) is 1. The lowest BCUT2D eigenvalue weighted by Crippen LogP contribution is -2.37. The van der Waals surface area contributed by atoms with Crippen molar-refractivity contribution < 1.29 is 28.7 Å². The molecule has 0 fully saturated rings. The van der Waals surface area contributed by atoms with Crippen LogP contribution in [-0.2, 0) is 9.53 Å². The molecule has 3 N–H and O–H groups in total. The minimum atomic E-state index is -1.06. The van der Waals surface area contributed by atoms with Gasteiger partial charge in [-0.05, 0) is 24.6 Å². The van der Waals surface area contributed by atoms with Crippen molar-refractivity contribution in [3.05, 3.63) is 34.9 Å². The van der Waals surface area contributed by atoms with Crippen LogP contribution < -0.4 is 11.1 Å². The van der Waals surface area contributed by atoms with Crippen molar-refractivity contribution in [2.75, 3.05) is 13.2 Å². The predicted molar refractivity (Wildman–Crippen MR) is 84.7 cm³/mol. The minimum Gasteiger partial charge on any atom is -0.452 e. The molecule has 9 heteroatoms. The molecule has 1 aliphatic rings. The second-order valence-corrected chi connectivity index (χ2v) is 5.36. The molecule has 25 heavy (non-hydrogen) atoms. The lowest BCUT2D eigenvalue weighted by molar-refractivity contribution is -0.123. The fraction of sp³-hybridized carbons (Fsp3) is 0.312. The SMILES string of the molecule is CCCCN1C(=O)c2ccc(C(=O)OCC(=O)NC(N)=O)cc2C1=O.